The molecule has 0 aliphatic rings. The van der Waals surface area contributed by atoms with Crippen molar-refractivity contribution in [1.82, 2.24) is 20.9 Å². The molecule has 1 heterocycles. The summed E-state index contributed by atoms with van der Waals surface area (Å²) in [6, 6.07) is 3.24. The second-order valence-corrected chi connectivity index (χ2v) is 7.39. The van der Waals surface area contributed by atoms with Gasteiger partial charge in [0.25, 0.3) is 0 Å². The van der Waals surface area contributed by atoms with Crippen LogP contribution in [-0.4, -0.2) is 35.3 Å². The first-order valence-corrected chi connectivity index (χ1v) is 8.56. The molecule has 0 aliphatic heterocycles. The van der Waals surface area contributed by atoms with E-state index in [4.69, 9.17) is 4.74 Å². The zero-order chi connectivity index (χ0) is 18.9. The molecule has 7 nitrogen and oxygen atoms in total. The van der Waals surface area contributed by atoms with E-state index in [1.807, 2.05) is 32.9 Å². The maximum atomic E-state index is 12.1. The predicted octanol–water partition coefficient (Wildman–Crippen LogP) is 2.82. The number of hydrogen-bond donors (Lipinski definition) is 3. The van der Waals surface area contributed by atoms with Crippen molar-refractivity contribution in [1.29, 1.82) is 0 Å². The highest BCUT2D eigenvalue weighted by molar-refractivity contribution is 5.74. The molecular formula is C18H30N4O3. The number of aromatic nitrogens is 1. The van der Waals surface area contributed by atoms with E-state index in [1.54, 1.807) is 12.4 Å². The maximum absolute atomic E-state index is 12.1. The number of urea groups is 1. The Kier molecular flexibility index (Phi) is 8.18. The van der Waals surface area contributed by atoms with E-state index in [-0.39, 0.29) is 12.1 Å². The summed E-state index contributed by atoms with van der Waals surface area (Å²) in [5, 5.41) is 8.42. The summed E-state index contributed by atoms with van der Waals surface area (Å²) in [4.78, 5) is 27.8. The summed E-state index contributed by atoms with van der Waals surface area (Å²) >= 11 is 0. The molecule has 0 spiro atoms. The number of alkyl carbamates (subject to hydrolysis) is 1. The zero-order valence-electron chi connectivity index (χ0n) is 15.8. The summed E-state index contributed by atoms with van der Waals surface area (Å²) < 4.78 is 5.22. The molecule has 1 aromatic rings. The van der Waals surface area contributed by atoms with Crippen LogP contribution < -0.4 is 16.0 Å². The number of hydrogen-bond acceptors (Lipinski definition) is 4. The number of rotatable bonds is 7. The van der Waals surface area contributed by atoms with Crippen LogP contribution in [0.15, 0.2) is 24.5 Å². The molecule has 0 bridgehead atoms. The molecule has 3 amide bonds. The molecule has 1 aromatic heterocycles. The third-order valence-corrected chi connectivity index (χ3v) is 3.19. The van der Waals surface area contributed by atoms with Crippen molar-refractivity contribution < 1.29 is 14.3 Å². The van der Waals surface area contributed by atoms with Crippen molar-refractivity contribution in [3.05, 3.63) is 30.1 Å². The number of amides is 3. The smallest absolute Gasteiger partial charge is 0.407 e. The highest BCUT2D eigenvalue weighted by Gasteiger charge is 2.19. The number of carbonyl (C=O) groups is 2. The van der Waals surface area contributed by atoms with Crippen molar-refractivity contribution in [2.45, 2.75) is 59.2 Å². The minimum atomic E-state index is -0.549. The SMILES string of the molecule is CC(C)C[C@H](CNC(=O)OC(C)(C)C)NC(=O)NCc1ccncc1. The van der Waals surface area contributed by atoms with Crippen LogP contribution in [0.1, 0.15) is 46.6 Å². The van der Waals surface area contributed by atoms with Crippen LogP contribution in [0.2, 0.25) is 0 Å². The third-order valence-electron chi connectivity index (χ3n) is 3.19. The number of pyridine rings is 1. The predicted molar refractivity (Wildman–Crippen MR) is 97.1 cm³/mol. The molecule has 1 atom stereocenters. The highest BCUT2D eigenvalue weighted by atomic mass is 16.6. The largest absolute Gasteiger partial charge is 0.444 e. The van der Waals surface area contributed by atoms with Gasteiger partial charge < -0.3 is 20.7 Å². The van der Waals surface area contributed by atoms with E-state index >= 15 is 0 Å². The Balaban J connectivity index is 2.45. The Morgan fingerprint density at radius 2 is 1.80 bits per heavy atom. The lowest BCUT2D eigenvalue weighted by Crippen LogP contribution is -2.48. The lowest BCUT2D eigenvalue weighted by Gasteiger charge is -2.23. The van der Waals surface area contributed by atoms with E-state index in [1.165, 1.54) is 0 Å². The lowest BCUT2D eigenvalue weighted by atomic mass is 10.0. The molecular weight excluding hydrogens is 320 g/mol. The fourth-order valence-corrected chi connectivity index (χ4v) is 2.20. The van der Waals surface area contributed by atoms with Crippen molar-refractivity contribution >= 4 is 12.1 Å². The quantitative estimate of drug-likeness (QED) is 0.705. The molecule has 1 rings (SSSR count). The summed E-state index contributed by atoms with van der Waals surface area (Å²) in [6.07, 6.45) is 3.63. The van der Waals surface area contributed by atoms with Crippen molar-refractivity contribution in [3.8, 4) is 0 Å². The van der Waals surface area contributed by atoms with Gasteiger partial charge in [-0.15, -0.1) is 0 Å². The van der Waals surface area contributed by atoms with Crippen LogP contribution in [-0.2, 0) is 11.3 Å². The third kappa shape index (κ3) is 10.2. The van der Waals surface area contributed by atoms with Crippen LogP contribution in [0.3, 0.4) is 0 Å². The molecule has 0 radical (unpaired) electrons. The second kappa shape index (κ2) is 9.86. The molecule has 0 unspecified atom stereocenters. The zero-order valence-corrected chi connectivity index (χ0v) is 15.8. The summed E-state index contributed by atoms with van der Waals surface area (Å²) in [7, 11) is 0. The fourth-order valence-electron chi connectivity index (χ4n) is 2.20. The Hall–Kier alpha value is -2.31. The monoisotopic (exact) mass is 350 g/mol. The summed E-state index contributed by atoms with van der Waals surface area (Å²) in [5.74, 6) is 0.380. The Bertz CT molecular complexity index is 541. The van der Waals surface area contributed by atoms with E-state index in [0.29, 0.717) is 19.0 Å². The van der Waals surface area contributed by atoms with Gasteiger partial charge in [0.2, 0.25) is 0 Å². The minimum absolute atomic E-state index is 0.176. The van der Waals surface area contributed by atoms with Gasteiger partial charge in [0.05, 0.1) is 0 Å². The minimum Gasteiger partial charge on any atom is -0.444 e. The standard InChI is InChI=1S/C18H30N4O3/c1-13(2)10-15(12-21-17(24)25-18(3,4)5)22-16(23)20-11-14-6-8-19-9-7-14/h6-9,13,15H,10-12H2,1-5H3,(H,21,24)(H2,20,22,23)/t15-/m1/s1. The topological polar surface area (TPSA) is 92.4 Å². The molecule has 0 aromatic carbocycles. The van der Waals surface area contributed by atoms with Crippen LogP contribution >= 0.6 is 0 Å². The van der Waals surface area contributed by atoms with Gasteiger partial charge in [0.15, 0.2) is 0 Å². The van der Waals surface area contributed by atoms with Gasteiger partial charge in [-0.1, -0.05) is 13.8 Å². The molecule has 0 aliphatic carbocycles. The molecule has 25 heavy (non-hydrogen) atoms. The van der Waals surface area contributed by atoms with Gasteiger partial charge >= 0.3 is 12.1 Å². The molecule has 0 saturated carbocycles. The maximum Gasteiger partial charge on any atom is 0.407 e. The normalized spacial score (nSPS) is 12.4. The summed E-state index contributed by atoms with van der Waals surface area (Å²) in [5.41, 5.74) is 0.421. The molecule has 7 heteroatoms. The van der Waals surface area contributed by atoms with Gasteiger partial charge in [0.1, 0.15) is 5.60 Å². The van der Waals surface area contributed by atoms with Gasteiger partial charge in [-0.05, 0) is 50.8 Å². The molecule has 0 saturated heterocycles. The average Bonchev–Trinajstić information content (AvgIpc) is 2.49. The van der Waals surface area contributed by atoms with E-state index < -0.39 is 11.7 Å². The Labute approximate surface area is 149 Å². The van der Waals surface area contributed by atoms with Crippen LogP contribution in [0.4, 0.5) is 9.59 Å². The van der Waals surface area contributed by atoms with Crippen LogP contribution in [0, 0.1) is 5.92 Å². The van der Waals surface area contributed by atoms with Gasteiger partial charge in [-0.25, -0.2) is 9.59 Å². The molecule has 0 fully saturated rings. The summed E-state index contributed by atoms with van der Waals surface area (Å²) in [6.45, 7) is 10.3. The van der Waals surface area contributed by atoms with Gasteiger partial charge in [0, 0.05) is 31.5 Å². The van der Waals surface area contributed by atoms with E-state index in [9.17, 15) is 9.59 Å². The number of nitrogens with one attached hydrogen (secondary N) is 3. The lowest BCUT2D eigenvalue weighted by molar-refractivity contribution is 0.0521. The van der Waals surface area contributed by atoms with Crippen LogP contribution in [0.5, 0.6) is 0 Å². The average molecular weight is 350 g/mol. The van der Waals surface area contributed by atoms with Crippen molar-refractivity contribution in [3.63, 3.8) is 0 Å². The Morgan fingerprint density at radius 3 is 2.36 bits per heavy atom. The molecule has 140 valence electrons. The number of carbonyl (C=O) groups excluding carboxylic acids is 2. The fraction of sp³-hybridized carbons (Fsp3) is 0.611. The first-order chi connectivity index (χ1) is 11.7. The second-order valence-electron chi connectivity index (χ2n) is 7.39. The van der Waals surface area contributed by atoms with E-state index in [2.05, 4.69) is 34.8 Å². The number of nitrogens with zero attached hydrogens (tertiary/aromatic N) is 1. The first-order valence-electron chi connectivity index (χ1n) is 8.56. The first kappa shape index (κ1) is 20.7. The van der Waals surface area contributed by atoms with Crippen LogP contribution in [0.25, 0.3) is 0 Å². The van der Waals surface area contributed by atoms with Crippen molar-refractivity contribution in [2.24, 2.45) is 5.92 Å². The van der Waals surface area contributed by atoms with Gasteiger partial charge in [-0.3, -0.25) is 4.98 Å². The molecule has 3 N–H and O–H groups in total. The van der Waals surface area contributed by atoms with E-state index in [0.717, 1.165) is 12.0 Å². The Morgan fingerprint density at radius 1 is 1.16 bits per heavy atom. The highest BCUT2D eigenvalue weighted by Crippen LogP contribution is 2.07. The number of ether oxygens (including phenoxy) is 1. The van der Waals surface area contributed by atoms with Gasteiger partial charge in [-0.2, -0.15) is 0 Å². The van der Waals surface area contributed by atoms with Crippen molar-refractivity contribution in [2.75, 3.05) is 6.54 Å².